The molecule has 1 atom stereocenters. The van der Waals surface area contributed by atoms with E-state index in [1.54, 1.807) is 23.7 Å². The Morgan fingerprint density at radius 2 is 2.30 bits per heavy atom. The summed E-state index contributed by atoms with van der Waals surface area (Å²) in [5.41, 5.74) is 1.83. The molecule has 8 heteroatoms. The Bertz CT molecular complexity index is 617. The van der Waals surface area contributed by atoms with E-state index in [0.29, 0.717) is 12.5 Å². The molecule has 2 aromatic heterocycles. The SMILES string of the molecule is CN(C(=O)Cc1csc(-c2cccnc2)n1)C1CCNC1.Cl.Cl. The van der Waals surface area contributed by atoms with Crippen molar-refractivity contribution in [2.75, 3.05) is 20.1 Å². The molecule has 1 N–H and O–H groups in total. The standard InChI is InChI=1S/C15H18N4OS.2ClH/c1-19(13-4-6-17-9-13)14(20)7-12-10-21-15(18-12)11-3-2-5-16-8-11;;/h2-3,5,8,10,13,17H,4,6-7,9H2,1H3;2*1H. The van der Waals surface area contributed by atoms with Gasteiger partial charge in [0.15, 0.2) is 0 Å². The summed E-state index contributed by atoms with van der Waals surface area (Å²) < 4.78 is 0. The van der Waals surface area contributed by atoms with Gasteiger partial charge in [0.25, 0.3) is 0 Å². The number of thiazole rings is 1. The number of hydrogen-bond acceptors (Lipinski definition) is 5. The van der Waals surface area contributed by atoms with Crippen LogP contribution in [0.15, 0.2) is 29.9 Å². The summed E-state index contributed by atoms with van der Waals surface area (Å²) in [6, 6.07) is 4.19. The number of carbonyl (C=O) groups is 1. The van der Waals surface area contributed by atoms with E-state index >= 15 is 0 Å². The summed E-state index contributed by atoms with van der Waals surface area (Å²) in [4.78, 5) is 22.8. The zero-order chi connectivity index (χ0) is 14.7. The van der Waals surface area contributed by atoms with Gasteiger partial charge in [0.1, 0.15) is 5.01 Å². The molecule has 0 saturated carbocycles. The predicted molar refractivity (Wildman–Crippen MR) is 97.6 cm³/mol. The highest BCUT2D eigenvalue weighted by Crippen LogP contribution is 2.23. The Morgan fingerprint density at radius 3 is 2.96 bits per heavy atom. The van der Waals surface area contributed by atoms with Crippen molar-refractivity contribution in [2.24, 2.45) is 0 Å². The van der Waals surface area contributed by atoms with Crippen LogP contribution in [0.3, 0.4) is 0 Å². The second kappa shape index (κ2) is 9.17. The van der Waals surface area contributed by atoms with Crippen molar-refractivity contribution in [3.05, 3.63) is 35.6 Å². The van der Waals surface area contributed by atoms with Crippen molar-refractivity contribution in [3.8, 4) is 10.6 Å². The first kappa shape index (κ1) is 19.8. The van der Waals surface area contributed by atoms with Gasteiger partial charge in [-0.3, -0.25) is 9.78 Å². The van der Waals surface area contributed by atoms with Gasteiger partial charge in [-0.25, -0.2) is 4.98 Å². The number of rotatable bonds is 4. The summed E-state index contributed by atoms with van der Waals surface area (Å²) in [5.74, 6) is 0.131. The summed E-state index contributed by atoms with van der Waals surface area (Å²) >= 11 is 1.55. The monoisotopic (exact) mass is 374 g/mol. The second-order valence-electron chi connectivity index (χ2n) is 5.21. The number of hydrogen-bond donors (Lipinski definition) is 1. The van der Waals surface area contributed by atoms with Crippen molar-refractivity contribution >= 4 is 42.1 Å². The van der Waals surface area contributed by atoms with Gasteiger partial charge in [0, 0.05) is 43.0 Å². The Balaban J connectivity index is 0.00000132. The minimum Gasteiger partial charge on any atom is -0.341 e. The number of pyridine rings is 1. The lowest BCUT2D eigenvalue weighted by Crippen LogP contribution is -2.39. The number of halogens is 2. The van der Waals surface area contributed by atoms with Crippen LogP contribution in [-0.4, -0.2) is 47.0 Å². The summed E-state index contributed by atoms with van der Waals surface area (Å²) in [7, 11) is 1.88. The largest absolute Gasteiger partial charge is 0.341 e. The zero-order valence-electron chi connectivity index (χ0n) is 12.8. The van der Waals surface area contributed by atoms with Crippen LogP contribution >= 0.6 is 36.2 Å². The molecule has 3 rings (SSSR count). The average molecular weight is 375 g/mol. The fourth-order valence-electron chi connectivity index (χ4n) is 2.46. The number of nitrogens with zero attached hydrogens (tertiary/aromatic N) is 3. The Kier molecular flexibility index (Phi) is 7.91. The molecule has 1 aliphatic heterocycles. The van der Waals surface area contributed by atoms with E-state index in [9.17, 15) is 4.79 Å². The van der Waals surface area contributed by atoms with Crippen LogP contribution in [0.4, 0.5) is 0 Å². The smallest absolute Gasteiger partial charge is 0.228 e. The number of carbonyl (C=O) groups excluding carboxylic acids is 1. The first-order valence-corrected chi connectivity index (χ1v) is 7.93. The molecule has 23 heavy (non-hydrogen) atoms. The lowest BCUT2D eigenvalue weighted by Gasteiger charge is -2.23. The Hall–Kier alpha value is -1.21. The van der Waals surface area contributed by atoms with E-state index in [4.69, 9.17) is 0 Å². The molecule has 2 aromatic rings. The van der Waals surface area contributed by atoms with Crippen LogP contribution in [0.5, 0.6) is 0 Å². The molecule has 5 nitrogen and oxygen atoms in total. The van der Waals surface area contributed by atoms with Gasteiger partial charge < -0.3 is 10.2 Å². The normalized spacial score (nSPS) is 16.3. The lowest BCUT2D eigenvalue weighted by molar-refractivity contribution is -0.130. The maximum atomic E-state index is 12.3. The Labute approximate surface area is 152 Å². The quantitative estimate of drug-likeness (QED) is 0.892. The molecule has 0 spiro atoms. The van der Waals surface area contributed by atoms with Crippen LogP contribution < -0.4 is 5.32 Å². The summed E-state index contributed by atoms with van der Waals surface area (Å²) in [5, 5.41) is 6.16. The molecule has 1 saturated heterocycles. The van der Waals surface area contributed by atoms with Crippen LogP contribution in [0.25, 0.3) is 10.6 Å². The molecular formula is C15H20Cl2N4OS. The second-order valence-corrected chi connectivity index (χ2v) is 6.07. The molecule has 126 valence electrons. The fourth-order valence-corrected chi connectivity index (χ4v) is 3.27. The van der Waals surface area contributed by atoms with E-state index in [-0.39, 0.29) is 30.7 Å². The lowest BCUT2D eigenvalue weighted by atomic mass is 10.2. The van der Waals surface area contributed by atoms with E-state index in [1.165, 1.54) is 0 Å². The first-order valence-electron chi connectivity index (χ1n) is 7.05. The Morgan fingerprint density at radius 1 is 1.48 bits per heavy atom. The van der Waals surface area contributed by atoms with Gasteiger partial charge in [-0.2, -0.15) is 0 Å². The van der Waals surface area contributed by atoms with Gasteiger partial charge in [-0.1, -0.05) is 0 Å². The van der Waals surface area contributed by atoms with E-state index in [0.717, 1.165) is 35.8 Å². The first-order chi connectivity index (χ1) is 10.2. The van der Waals surface area contributed by atoms with Crippen molar-refractivity contribution in [1.82, 2.24) is 20.2 Å². The van der Waals surface area contributed by atoms with E-state index in [1.807, 2.05) is 29.5 Å². The molecule has 1 amide bonds. The molecule has 1 aliphatic rings. The van der Waals surface area contributed by atoms with Crippen LogP contribution in [0.1, 0.15) is 12.1 Å². The molecule has 1 unspecified atom stereocenters. The summed E-state index contributed by atoms with van der Waals surface area (Å²) in [6.45, 7) is 1.88. The minimum atomic E-state index is 0. The van der Waals surface area contributed by atoms with Gasteiger partial charge in [0.05, 0.1) is 12.1 Å². The summed E-state index contributed by atoms with van der Waals surface area (Å²) in [6.07, 6.45) is 4.93. The molecule has 3 heterocycles. The van der Waals surface area contributed by atoms with Crippen molar-refractivity contribution in [1.29, 1.82) is 0 Å². The zero-order valence-corrected chi connectivity index (χ0v) is 15.2. The number of likely N-dealkylation sites (N-methyl/N-ethyl adjacent to an activating group) is 1. The van der Waals surface area contributed by atoms with E-state index in [2.05, 4.69) is 15.3 Å². The third kappa shape index (κ3) is 4.88. The number of aromatic nitrogens is 2. The molecular weight excluding hydrogens is 355 g/mol. The molecule has 0 radical (unpaired) electrons. The van der Waals surface area contributed by atoms with Crippen molar-refractivity contribution < 1.29 is 4.79 Å². The van der Waals surface area contributed by atoms with Crippen LogP contribution in [-0.2, 0) is 11.2 Å². The van der Waals surface area contributed by atoms with Gasteiger partial charge in [-0.05, 0) is 25.1 Å². The fraction of sp³-hybridized carbons (Fsp3) is 0.400. The average Bonchev–Trinajstić information content (AvgIpc) is 3.19. The topological polar surface area (TPSA) is 58.1 Å². The van der Waals surface area contributed by atoms with Gasteiger partial charge >= 0.3 is 0 Å². The van der Waals surface area contributed by atoms with Crippen molar-refractivity contribution in [3.63, 3.8) is 0 Å². The third-order valence-corrected chi connectivity index (χ3v) is 4.71. The molecule has 0 aromatic carbocycles. The van der Waals surface area contributed by atoms with Crippen LogP contribution in [0.2, 0.25) is 0 Å². The predicted octanol–water partition coefficient (Wildman–Crippen LogP) is 2.41. The molecule has 1 fully saturated rings. The van der Waals surface area contributed by atoms with Gasteiger partial charge in [-0.15, -0.1) is 36.2 Å². The minimum absolute atomic E-state index is 0. The molecule has 0 bridgehead atoms. The highest BCUT2D eigenvalue weighted by Gasteiger charge is 2.23. The van der Waals surface area contributed by atoms with E-state index < -0.39 is 0 Å². The van der Waals surface area contributed by atoms with Crippen LogP contribution in [0, 0.1) is 0 Å². The maximum absolute atomic E-state index is 12.3. The van der Waals surface area contributed by atoms with Gasteiger partial charge in [0.2, 0.25) is 5.91 Å². The van der Waals surface area contributed by atoms with Crippen molar-refractivity contribution in [2.45, 2.75) is 18.9 Å². The molecule has 0 aliphatic carbocycles. The number of nitrogens with one attached hydrogen (secondary N) is 1. The highest BCUT2D eigenvalue weighted by atomic mass is 35.5. The third-order valence-electron chi connectivity index (χ3n) is 3.77. The maximum Gasteiger partial charge on any atom is 0.228 e. The highest BCUT2D eigenvalue weighted by molar-refractivity contribution is 7.13. The number of amides is 1.